The van der Waals surface area contributed by atoms with Crippen molar-refractivity contribution in [3.05, 3.63) is 53.4 Å². The summed E-state index contributed by atoms with van der Waals surface area (Å²) in [5, 5.41) is 10.6. The number of hydrogen-bond donors (Lipinski definition) is 1. The minimum atomic E-state index is -0.779. The second-order valence-corrected chi connectivity index (χ2v) is 5.39. The molecule has 0 fully saturated rings. The highest BCUT2D eigenvalue weighted by Crippen LogP contribution is 2.23. The lowest BCUT2D eigenvalue weighted by atomic mass is 10.2. The fraction of sp³-hybridized carbons (Fsp3) is 0.133. The summed E-state index contributed by atoms with van der Waals surface area (Å²) >= 11 is 5.97. The molecule has 0 saturated heterocycles. The number of nitrogens with zero attached hydrogens (tertiary/aromatic N) is 4. The summed E-state index contributed by atoms with van der Waals surface area (Å²) in [6, 6.07) is 6.30. The van der Waals surface area contributed by atoms with Crippen molar-refractivity contribution in [3.63, 3.8) is 0 Å². The van der Waals surface area contributed by atoms with Gasteiger partial charge in [-0.05, 0) is 25.1 Å². The number of amides is 1. The van der Waals surface area contributed by atoms with E-state index >= 15 is 0 Å². The molecule has 0 unspecified atom stereocenters. The lowest BCUT2D eigenvalue weighted by Gasteiger charge is -2.11. The van der Waals surface area contributed by atoms with Crippen LogP contribution >= 0.6 is 11.6 Å². The Hall–Kier alpha value is -3.20. The maximum atomic E-state index is 12.1. The number of nitrogens with one attached hydrogen (secondary N) is 1. The highest BCUT2D eigenvalue weighted by atomic mass is 35.5. The Morgan fingerprint density at radius 3 is 2.88 bits per heavy atom. The van der Waals surface area contributed by atoms with Gasteiger partial charge in [0.2, 0.25) is 5.76 Å². The molecule has 0 atom stereocenters. The number of anilines is 1. The Labute approximate surface area is 146 Å². The van der Waals surface area contributed by atoms with Gasteiger partial charge in [0.25, 0.3) is 5.91 Å². The van der Waals surface area contributed by atoms with E-state index in [1.807, 2.05) is 0 Å². The number of benzene rings is 1. The van der Waals surface area contributed by atoms with Gasteiger partial charge in [0.1, 0.15) is 12.7 Å². The molecule has 1 amide bonds. The molecule has 10 heteroatoms. The predicted octanol–water partition coefficient (Wildman–Crippen LogP) is 2.01. The zero-order valence-corrected chi connectivity index (χ0v) is 13.7. The quantitative estimate of drug-likeness (QED) is 0.691. The first-order valence-corrected chi connectivity index (χ1v) is 7.45. The second kappa shape index (κ2) is 7.14. The number of halogens is 1. The highest BCUT2D eigenvalue weighted by Gasteiger charge is 2.16. The fourth-order valence-electron chi connectivity index (χ4n) is 1.99. The SMILES string of the molecule is Cc1cc(C(=O)OCC(=O)Nc2cc(Cl)ccc2-n2cncn2)on1. The molecule has 0 bridgehead atoms. The number of aryl methyl sites for hydroxylation is 1. The molecule has 1 N–H and O–H groups in total. The average Bonchev–Trinajstić information content (AvgIpc) is 3.24. The van der Waals surface area contributed by atoms with E-state index in [0.717, 1.165) is 0 Å². The molecule has 0 aliphatic carbocycles. The van der Waals surface area contributed by atoms with E-state index in [2.05, 4.69) is 20.6 Å². The number of hydrogen-bond acceptors (Lipinski definition) is 7. The number of aromatic nitrogens is 4. The molecular formula is C15H12ClN5O4. The topological polar surface area (TPSA) is 112 Å². The third-order valence-electron chi connectivity index (χ3n) is 3.06. The van der Waals surface area contributed by atoms with Crippen LogP contribution in [-0.4, -0.2) is 38.4 Å². The van der Waals surface area contributed by atoms with E-state index in [0.29, 0.717) is 22.1 Å². The first-order valence-electron chi connectivity index (χ1n) is 7.08. The smallest absolute Gasteiger partial charge is 0.377 e. The maximum absolute atomic E-state index is 12.1. The van der Waals surface area contributed by atoms with Gasteiger partial charge in [-0.1, -0.05) is 16.8 Å². The molecule has 3 aromatic rings. The molecule has 0 saturated carbocycles. The van der Waals surface area contributed by atoms with Crippen molar-refractivity contribution in [3.8, 4) is 5.69 Å². The normalized spacial score (nSPS) is 10.5. The fourth-order valence-corrected chi connectivity index (χ4v) is 2.16. The van der Waals surface area contributed by atoms with Gasteiger partial charge in [0.15, 0.2) is 6.61 Å². The summed E-state index contributed by atoms with van der Waals surface area (Å²) in [6.45, 7) is 1.17. The first-order chi connectivity index (χ1) is 12.0. The molecule has 0 radical (unpaired) electrons. The van der Waals surface area contributed by atoms with Crippen LogP contribution in [0.25, 0.3) is 5.69 Å². The molecule has 9 nitrogen and oxygen atoms in total. The van der Waals surface area contributed by atoms with Crippen molar-refractivity contribution in [1.29, 1.82) is 0 Å². The Morgan fingerprint density at radius 2 is 2.20 bits per heavy atom. The summed E-state index contributed by atoms with van der Waals surface area (Å²) in [5.41, 5.74) is 1.50. The Kier molecular flexibility index (Phi) is 4.75. The lowest BCUT2D eigenvalue weighted by Crippen LogP contribution is -2.21. The van der Waals surface area contributed by atoms with Crippen molar-refractivity contribution >= 4 is 29.2 Å². The molecule has 0 spiro atoms. The molecule has 128 valence electrons. The minimum Gasteiger partial charge on any atom is -0.450 e. The predicted molar refractivity (Wildman–Crippen MR) is 86.5 cm³/mol. The van der Waals surface area contributed by atoms with Crippen molar-refractivity contribution in [2.24, 2.45) is 0 Å². The largest absolute Gasteiger partial charge is 0.450 e. The van der Waals surface area contributed by atoms with Gasteiger partial charge in [-0.3, -0.25) is 4.79 Å². The third-order valence-corrected chi connectivity index (χ3v) is 3.30. The standard InChI is InChI=1S/C15H12ClN5O4/c1-9-4-13(25-20-9)15(23)24-6-14(22)19-11-5-10(16)2-3-12(11)21-8-17-7-18-21/h2-5,7-8H,6H2,1H3,(H,19,22). The summed E-state index contributed by atoms with van der Waals surface area (Å²) in [4.78, 5) is 27.7. The van der Waals surface area contributed by atoms with Gasteiger partial charge in [-0.15, -0.1) is 0 Å². The summed E-state index contributed by atoms with van der Waals surface area (Å²) < 4.78 is 11.1. The first kappa shape index (κ1) is 16.7. The molecule has 1 aromatic carbocycles. The second-order valence-electron chi connectivity index (χ2n) is 4.96. The van der Waals surface area contributed by atoms with Crippen LogP contribution in [0.15, 0.2) is 41.4 Å². The van der Waals surface area contributed by atoms with Gasteiger partial charge < -0.3 is 14.6 Å². The van der Waals surface area contributed by atoms with Gasteiger partial charge in [0, 0.05) is 11.1 Å². The molecule has 25 heavy (non-hydrogen) atoms. The van der Waals surface area contributed by atoms with Crippen LogP contribution in [0.4, 0.5) is 5.69 Å². The molecule has 0 aliphatic rings. The summed E-state index contributed by atoms with van der Waals surface area (Å²) in [6.07, 6.45) is 2.84. The number of rotatable bonds is 5. The zero-order chi connectivity index (χ0) is 17.8. The molecule has 0 aliphatic heterocycles. The lowest BCUT2D eigenvalue weighted by molar-refractivity contribution is -0.119. The highest BCUT2D eigenvalue weighted by molar-refractivity contribution is 6.31. The van der Waals surface area contributed by atoms with Crippen LogP contribution in [0.5, 0.6) is 0 Å². The van der Waals surface area contributed by atoms with Crippen molar-refractivity contribution in [2.75, 3.05) is 11.9 Å². The third kappa shape index (κ3) is 4.01. The molecule has 3 rings (SSSR count). The zero-order valence-electron chi connectivity index (χ0n) is 13.0. The average molecular weight is 362 g/mol. The summed E-state index contributed by atoms with van der Waals surface area (Å²) in [5.74, 6) is -1.40. The summed E-state index contributed by atoms with van der Waals surface area (Å²) in [7, 11) is 0. The molecular weight excluding hydrogens is 350 g/mol. The van der Waals surface area contributed by atoms with E-state index < -0.39 is 18.5 Å². The van der Waals surface area contributed by atoms with Crippen molar-refractivity contribution in [2.45, 2.75) is 6.92 Å². The molecule has 2 heterocycles. The van der Waals surface area contributed by atoms with Crippen LogP contribution in [0.3, 0.4) is 0 Å². The van der Waals surface area contributed by atoms with E-state index in [9.17, 15) is 9.59 Å². The number of carbonyl (C=O) groups is 2. The number of carbonyl (C=O) groups excluding carboxylic acids is 2. The van der Waals surface area contributed by atoms with Crippen LogP contribution in [0, 0.1) is 6.92 Å². The van der Waals surface area contributed by atoms with Gasteiger partial charge >= 0.3 is 5.97 Å². The monoisotopic (exact) mass is 361 g/mol. The minimum absolute atomic E-state index is 0.0728. The van der Waals surface area contributed by atoms with E-state index in [-0.39, 0.29) is 5.76 Å². The van der Waals surface area contributed by atoms with Crippen LogP contribution in [0.1, 0.15) is 16.2 Å². The van der Waals surface area contributed by atoms with Gasteiger partial charge in [0.05, 0.1) is 17.1 Å². The Balaban J connectivity index is 1.67. The van der Waals surface area contributed by atoms with Crippen LogP contribution in [0.2, 0.25) is 5.02 Å². The van der Waals surface area contributed by atoms with E-state index in [1.54, 1.807) is 25.1 Å². The van der Waals surface area contributed by atoms with Gasteiger partial charge in [-0.2, -0.15) is 5.10 Å². The maximum Gasteiger partial charge on any atom is 0.377 e. The Morgan fingerprint density at radius 1 is 1.36 bits per heavy atom. The van der Waals surface area contributed by atoms with Crippen molar-refractivity contribution in [1.82, 2.24) is 19.9 Å². The van der Waals surface area contributed by atoms with E-state index in [4.69, 9.17) is 20.9 Å². The van der Waals surface area contributed by atoms with Crippen LogP contribution < -0.4 is 5.32 Å². The number of ether oxygens (including phenoxy) is 1. The number of esters is 1. The Bertz CT molecular complexity index is 907. The van der Waals surface area contributed by atoms with E-state index in [1.165, 1.54) is 23.4 Å². The van der Waals surface area contributed by atoms with Crippen LogP contribution in [-0.2, 0) is 9.53 Å². The van der Waals surface area contributed by atoms with Crippen molar-refractivity contribution < 1.29 is 18.8 Å². The van der Waals surface area contributed by atoms with Gasteiger partial charge in [-0.25, -0.2) is 14.5 Å². The molecule has 2 aromatic heterocycles.